The molecular formula is C28H38N2O4. The van der Waals surface area contributed by atoms with Crippen molar-refractivity contribution in [3.05, 3.63) is 52.6 Å². The molecule has 0 atom stereocenters. The van der Waals surface area contributed by atoms with Gasteiger partial charge in [-0.05, 0) is 45.3 Å². The molecule has 0 aromatic heterocycles. The number of carbonyl (C=O) groups is 2. The first kappa shape index (κ1) is 25.8. The summed E-state index contributed by atoms with van der Waals surface area (Å²) < 4.78 is 5.83. The number of phenols is 1. The predicted octanol–water partition coefficient (Wildman–Crippen LogP) is 5.59. The molecule has 6 nitrogen and oxygen atoms in total. The van der Waals surface area contributed by atoms with Crippen molar-refractivity contribution in [3.63, 3.8) is 0 Å². The molecule has 1 aliphatic rings. The number of nitrogens with two attached hydrogens (primary N) is 1. The molecular weight excluding hydrogens is 428 g/mol. The minimum absolute atomic E-state index is 0.0377. The van der Waals surface area contributed by atoms with Gasteiger partial charge in [-0.2, -0.15) is 0 Å². The van der Waals surface area contributed by atoms with Gasteiger partial charge in [-0.15, -0.1) is 0 Å². The van der Waals surface area contributed by atoms with Crippen LogP contribution in [-0.4, -0.2) is 47.8 Å². The summed E-state index contributed by atoms with van der Waals surface area (Å²) in [5, 5.41) is 10.5. The van der Waals surface area contributed by atoms with Crippen LogP contribution in [0.1, 0.15) is 97.1 Å². The van der Waals surface area contributed by atoms with E-state index in [0.717, 1.165) is 25.8 Å². The standard InChI is InChI=1S/C28H38N2O4/c1-3-5-15-30(16-6-4-2)17-11-7-8-12-18-34-23-19-22(31)24-25(26(23)29)28(33)21-14-10-9-13-20(21)27(24)32/h9-10,13-14,19,31H,3-8,11-12,15-18,29H2,1-2H3. The number of carbonyl (C=O) groups excluding carboxylic acids is 2. The highest BCUT2D eigenvalue weighted by Gasteiger charge is 2.35. The molecule has 0 bridgehead atoms. The van der Waals surface area contributed by atoms with Crippen LogP contribution in [-0.2, 0) is 0 Å². The van der Waals surface area contributed by atoms with Gasteiger partial charge in [-0.3, -0.25) is 9.59 Å². The number of phenolic OH excluding ortho intramolecular Hbond substituents is 1. The lowest BCUT2D eigenvalue weighted by atomic mass is 9.82. The van der Waals surface area contributed by atoms with E-state index >= 15 is 0 Å². The highest BCUT2D eigenvalue weighted by molar-refractivity contribution is 6.31. The number of rotatable bonds is 14. The maximum atomic E-state index is 13.0. The van der Waals surface area contributed by atoms with Crippen LogP contribution in [0, 0.1) is 0 Å². The van der Waals surface area contributed by atoms with Crippen LogP contribution < -0.4 is 10.5 Å². The summed E-state index contributed by atoms with van der Waals surface area (Å²) in [7, 11) is 0. The van der Waals surface area contributed by atoms with Gasteiger partial charge in [0.2, 0.25) is 0 Å². The van der Waals surface area contributed by atoms with Crippen LogP contribution in [0.25, 0.3) is 0 Å². The number of fused-ring (bicyclic) bond motifs is 2. The molecule has 1 aliphatic carbocycles. The van der Waals surface area contributed by atoms with E-state index in [-0.39, 0.29) is 39.7 Å². The lowest BCUT2D eigenvalue weighted by molar-refractivity contribution is 0.0977. The summed E-state index contributed by atoms with van der Waals surface area (Å²) in [6, 6.07) is 7.95. The molecule has 0 aliphatic heterocycles. The summed E-state index contributed by atoms with van der Waals surface area (Å²) in [5.41, 5.74) is 6.94. The molecule has 184 valence electrons. The van der Waals surface area contributed by atoms with E-state index in [1.807, 2.05) is 0 Å². The third kappa shape index (κ3) is 5.98. The van der Waals surface area contributed by atoms with E-state index in [4.69, 9.17) is 10.5 Å². The molecule has 0 saturated heterocycles. The van der Waals surface area contributed by atoms with Crippen molar-refractivity contribution in [3.8, 4) is 11.5 Å². The van der Waals surface area contributed by atoms with E-state index in [1.54, 1.807) is 24.3 Å². The van der Waals surface area contributed by atoms with Crippen molar-refractivity contribution < 1.29 is 19.4 Å². The molecule has 0 saturated carbocycles. The molecule has 0 fully saturated rings. The van der Waals surface area contributed by atoms with Gasteiger partial charge < -0.3 is 20.5 Å². The Morgan fingerprint density at radius 3 is 2.00 bits per heavy atom. The van der Waals surface area contributed by atoms with Gasteiger partial charge in [0.1, 0.15) is 11.5 Å². The summed E-state index contributed by atoms with van der Waals surface area (Å²) in [6.45, 7) is 8.43. The Morgan fingerprint density at radius 2 is 1.38 bits per heavy atom. The number of ether oxygens (including phenoxy) is 1. The quantitative estimate of drug-likeness (QED) is 0.183. The van der Waals surface area contributed by atoms with Crippen LogP contribution in [0.3, 0.4) is 0 Å². The molecule has 2 aromatic carbocycles. The van der Waals surface area contributed by atoms with Crippen molar-refractivity contribution in [2.45, 2.75) is 65.2 Å². The fraction of sp³-hybridized carbons (Fsp3) is 0.500. The molecule has 0 heterocycles. The number of aromatic hydroxyl groups is 1. The lowest BCUT2D eigenvalue weighted by Gasteiger charge is -2.22. The van der Waals surface area contributed by atoms with E-state index in [2.05, 4.69) is 18.7 Å². The Hall–Kier alpha value is -2.86. The summed E-state index contributed by atoms with van der Waals surface area (Å²) >= 11 is 0. The fourth-order valence-electron chi connectivity index (χ4n) is 4.47. The van der Waals surface area contributed by atoms with Crippen molar-refractivity contribution in [2.75, 3.05) is 32.0 Å². The van der Waals surface area contributed by atoms with Crippen molar-refractivity contribution in [1.82, 2.24) is 4.90 Å². The number of ketones is 2. The number of anilines is 1. The van der Waals surface area contributed by atoms with Gasteiger partial charge in [-0.25, -0.2) is 0 Å². The molecule has 6 heteroatoms. The third-order valence-corrected chi connectivity index (χ3v) is 6.46. The Balaban J connectivity index is 1.52. The molecule has 2 aromatic rings. The first-order valence-corrected chi connectivity index (χ1v) is 12.7. The number of benzene rings is 2. The normalized spacial score (nSPS) is 12.7. The molecule has 0 radical (unpaired) electrons. The second kappa shape index (κ2) is 12.6. The predicted molar refractivity (Wildman–Crippen MR) is 136 cm³/mol. The average Bonchev–Trinajstić information content (AvgIpc) is 2.84. The minimum Gasteiger partial charge on any atom is -0.507 e. The van der Waals surface area contributed by atoms with Crippen molar-refractivity contribution in [1.29, 1.82) is 0 Å². The lowest BCUT2D eigenvalue weighted by Crippen LogP contribution is -2.27. The molecule has 0 spiro atoms. The minimum atomic E-state index is -0.395. The fourth-order valence-corrected chi connectivity index (χ4v) is 4.47. The zero-order chi connectivity index (χ0) is 24.5. The molecule has 3 rings (SSSR count). The number of nitrogens with zero attached hydrogens (tertiary/aromatic N) is 1. The van der Waals surface area contributed by atoms with Gasteiger partial charge in [-0.1, -0.05) is 63.8 Å². The van der Waals surface area contributed by atoms with E-state index in [0.29, 0.717) is 12.2 Å². The smallest absolute Gasteiger partial charge is 0.198 e. The molecule has 34 heavy (non-hydrogen) atoms. The van der Waals surface area contributed by atoms with Crippen LogP contribution in [0.15, 0.2) is 30.3 Å². The van der Waals surface area contributed by atoms with Crippen LogP contribution in [0.4, 0.5) is 5.69 Å². The van der Waals surface area contributed by atoms with E-state index < -0.39 is 5.78 Å². The van der Waals surface area contributed by atoms with Gasteiger partial charge in [0.25, 0.3) is 0 Å². The Bertz CT molecular complexity index is 994. The van der Waals surface area contributed by atoms with Crippen LogP contribution in [0.2, 0.25) is 0 Å². The number of hydrogen-bond donors (Lipinski definition) is 2. The SMILES string of the molecule is CCCCN(CCCC)CCCCCCOc1cc(O)c2c(c1N)C(=O)c1ccccc1C2=O. The monoisotopic (exact) mass is 466 g/mol. The maximum Gasteiger partial charge on any atom is 0.198 e. The Morgan fingerprint density at radius 1 is 0.824 bits per heavy atom. The van der Waals surface area contributed by atoms with Crippen molar-refractivity contribution in [2.24, 2.45) is 0 Å². The second-order valence-corrected chi connectivity index (χ2v) is 9.07. The highest BCUT2D eigenvalue weighted by Crippen LogP contribution is 2.41. The largest absolute Gasteiger partial charge is 0.507 e. The topological polar surface area (TPSA) is 92.9 Å². The first-order valence-electron chi connectivity index (χ1n) is 12.7. The van der Waals surface area contributed by atoms with Crippen molar-refractivity contribution >= 4 is 17.3 Å². The summed E-state index contributed by atoms with van der Waals surface area (Å²) in [6.07, 6.45) is 9.17. The van der Waals surface area contributed by atoms with Gasteiger partial charge in [0.05, 0.1) is 23.4 Å². The summed E-state index contributed by atoms with van der Waals surface area (Å²) in [4.78, 5) is 28.4. The molecule has 3 N–H and O–H groups in total. The highest BCUT2D eigenvalue weighted by atomic mass is 16.5. The number of unbranched alkanes of at least 4 members (excludes halogenated alkanes) is 5. The zero-order valence-corrected chi connectivity index (χ0v) is 20.6. The average molecular weight is 467 g/mol. The second-order valence-electron chi connectivity index (χ2n) is 9.07. The molecule has 0 amide bonds. The van der Waals surface area contributed by atoms with Gasteiger partial charge in [0, 0.05) is 17.2 Å². The van der Waals surface area contributed by atoms with E-state index in [1.165, 1.54) is 51.3 Å². The van der Waals surface area contributed by atoms with Gasteiger partial charge >= 0.3 is 0 Å². The number of hydrogen-bond acceptors (Lipinski definition) is 6. The Kier molecular flexibility index (Phi) is 9.52. The Labute approximate surface area is 203 Å². The summed E-state index contributed by atoms with van der Waals surface area (Å²) in [5.74, 6) is -0.777. The third-order valence-electron chi connectivity index (χ3n) is 6.46. The molecule has 0 unspecified atom stereocenters. The zero-order valence-electron chi connectivity index (χ0n) is 20.6. The van der Waals surface area contributed by atoms with E-state index in [9.17, 15) is 14.7 Å². The maximum absolute atomic E-state index is 13.0. The van der Waals surface area contributed by atoms with Crippen LogP contribution in [0.5, 0.6) is 11.5 Å². The van der Waals surface area contributed by atoms with Crippen LogP contribution >= 0.6 is 0 Å². The number of nitrogen functional groups attached to an aromatic ring is 1. The van der Waals surface area contributed by atoms with Gasteiger partial charge in [0.15, 0.2) is 11.6 Å². The first-order chi connectivity index (χ1) is 16.5.